The Labute approximate surface area is 224 Å². The van der Waals surface area contributed by atoms with Gasteiger partial charge in [-0.25, -0.2) is 0 Å². The molecule has 1 N–H and O–H groups in total. The summed E-state index contributed by atoms with van der Waals surface area (Å²) in [5, 5.41) is 7.06. The van der Waals surface area contributed by atoms with Crippen molar-refractivity contribution in [2.45, 2.75) is 19.3 Å². The molecule has 1 aromatic heterocycles. The molecule has 2 aromatic carbocycles. The maximum atomic E-state index is 6.03. The Kier molecular flexibility index (Phi) is 11.3. The van der Waals surface area contributed by atoms with E-state index in [0.29, 0.717) is 0 Å². The average molecular weight is 482 g/mol. The van der Waals surface area contributed by atoms with E-state index >= 15 is 0 Å². The molecular formula is C24H34AlClLiN3OS. The number of ether oxygens (including phenoxy) is 1. The van der Waals surface area contributed by atoms with Crippen LogP contribution in [0.2, 0.25) is 0 Å². The van der Waals surface area contributed by atoms with E-state index in [1.807, 2.05) is 11.3 Å². The first-order valence-corrected chi connectivity index (χ1v) is 11.7. The van der Waals surface area contributed by atoms with Gasteiger partial charge >= 0.3 is 18.9 Å². The van der Waals surface area contributed by atoms with Crippen molar-refractivity contribution in [1.29, 1.82) is 0 Å². The Morgan fingerprint density at radius 1 is 1.03 bits per heavy atom. The predicted octanol–water partition coefficient (Wildman–Crippen LogP) is 3.44. The van der Waals surface area contributed by atoms with Crippen LogP contribution in [0.5, 0.6) is 5.75 Å². The first-order valence-electron chi connectivity index (χ1n) is 10.8. The summed E-state index contributed by atoms with van der Waals surface area (Å²) in [6.45, 7) is 7.46. The van der Waals surface area contributed by atoms with Gasteiger partial charge in [-0.3, -0.25) is 4.90 Å². The molecule has 4 nitrogen and oxygen atoms in total. The van der Waals surface area contributed by atoms with E-state index in [-0.39, 0.29) is 48.6 Å². The van der Waals surface area contributed by atoms with E-state index in [4.69, 9.17) is 4.74 Å². The predicted molar refractivity (Wildman–Crippen MR) is 148 cm³/mol. The third-order valence-electron chi connectivity index (χ3n) is 6.09. The van der Waals surface area contributed by atoms with Crippen LogP contribution in [-0.2, 0) is 6.42 Å². The van der Waals surface area contributed by atoms with E-state index in [9.17, 15) is 0 Å². The average Bonchev–Trinajstić information content (AvgIpc) is 3.26. The number of hydrogen-bond donors (Lipinski definition) is 1. The van der Waals surface area contributed by atoms with Crippen LogP contribution in [0.3, 0.4) is 0 Å². The molecule has 0 aliphatic carbocycles. The second-order valence-corrected chi connectivity index (χ2v) is 8.94. The van der Waals surface area contributed by atoms with Crippen LogP contribution in [0.25, 0.3) is 10.1 Å². The number of nitrogens with zero attached hydrogens (tertiary/aromatic N) is 2. The summed E-state index contributed by atoms with van der Waals surface area (Å²) in [4.78, 5) is 5.12. The summed E-state index contributed by atoms with van der Waals surface area (Å²) in [6.07, 6.45) is 3.45. The van der Waals surface area contributed by atoms with E-state index in [2.05, 4.69) is 63.0 Å². The van der Waals surface area contributed by atoms with E-state index in [0.717, 1.165) is 64.5 Å². The Hall–Kier alpha value is -0.820. The molecule has 0 radical (unpaired) electrons. The Balaban J connectivity index is 0.00000121. The van der Waals surface area contributed by atoms with Crippen molar-refractivity contribution < 1.29 is 4.74 Å². The number of benzene rings is 2. The molecule has 0 saturated carbocycles. The minimum atomic E-state index is 0. The van der Waals surface area contributed by atoms with Crippen molar-refractivity contribution in [1.82, 2.24) is 4.90 Å². The third kappa shape index (κ3) is 6.40. The molecule has 32 heavy (non-hydrogen) atoms. The van der Waals surface area contributed by atoms with Crippen LogP contribution in [0.15, 0.2) is 47.8 Å². The fourth-order valence-electron chi connectivity index (χ4n) is 4.49. The monoisotopic (exact) mass is 481 g/mol. The quantitative estimate of drug-likeness (QED) is 0.431. The van der Waals surface area contributed by atoms with Crippen molar-refractivity contribution in [2.75, 3.05) is 56.1 Å². The van der Waals surface area contributed by atoms with Gasteiger partial charge in [-0.1, -0.05) is 6.07 Å². The number of aryl methyl sites for hydroxylation is 1. The number of piperazine rings is 1. The van der Waals surface area contributed by atoms with Crippen LogP contribution >= 0.6 is 23.7 Å². The zero-order valence-electron chi connectivity index (χ0n) is 17.3. The molecular weight excluding hydrogens is 448 g/mol. The van der Waals surface area contributed by atoms with Gasteiger partial charge in [0, 0.05) is 60.7 Å². The SMILES string of the molecule is Cl.[AlH3].[LiH].c1cc(N2CCN(CCCOc3ccc4c(c3)CCCN4)CC2)c2ccsc2c1. The fourth-order valence-corrected chi connectivity index (χ4v) is 5.29. The van der Waals surface area contributed by atoms with Gasteiger partial charge in [0.05, 0.1) is 6.61 Å². The van der Waals surface area contributed by atoms with Crippen molar-refractivity contribution in [3.05, 3.63) is 53.4 Å². The van der Waals surface area contributed by atoms with Gasteiger partial charge in [0.25, 0.3) is 0 Å². The molecule has 0 spiro atoms. The number of anilines is 2. The summed E-state index contributed by atoms with van der Waals surface area (Å²) in [6, 6.07) is 15.4. The summed E-state index contributed by atoms with van der Waals surface area (Å²) in [5.41, 5.74) is 4.07. The van der Waals surface area contributed by atoms with Crippen molar-refractivity contribution in [3.8, 4) is 5.75 Å². The van der Waals surface area contributed by atoms with Gasteiger partial charge in [-0.2, -0.15) is 0 Å². The number of rotatable bonds is 6. The topological polar surface area (TPSA) is 27.7 Å². The first-order chi connectivity index (χ1) is 14.4. The first kappa shape index (κ1) is 27.4. The smallest absolute Gasteiger partial charge is 0.119 e. The van der Waals surface area contributed by atoms with Crippen LogP contribution in [0.1, 0.15) is 18.4 Å². The molecule has 8 heteroatoms. The number of halogens is 1. The molecule has 1 fully saturated rings. The molecule has 2 aliphatic heterocycles. The molecule has 0 atom stereocenters. The van der Waals surface area contributed by atoms with E-state index in [1.165, 1.54) is 33.4 Å². The minimum Gasteiger partial charge on any atom is -0.494 e. The maximum Gasteiger partial charge on any atom is 0.119 e. The second kappa shape index (κ2) is 13.2. The van der Waals surface area contributed by atoms with Gasteiger partial charge < -0.3 is 15.0 Å². The molecule has 2 aliphatic rings. The Morgan fingerprint density at radius 3 is 2.72 bits per heavy atom. The normalized spacial score (nSPS) is 15.6. The van der Waals surface area contributed by atoms with Gasteiger partial charge in [-0.05, 0) is 66.6 Å². The van der Waals surface area contributed by atoms with Gasteiger partial charge in [0.15, 0.2) is 17.4 Å². The number of nitrogens with one attached hydrogen (secondary N) is 1. The van der Waals surface area contributed by atoms with Gasteiger partial charge in [-0.15, -0.1) is 23.7 Å². The Morgan fingerprint density at radius 2 is 1.88 bits per heavy atom. The zero-order valence-corrected chi connectivity index (χ0v) is 18.9. The van der Waals surface area contributed by atoms with E-state index < -0.39 is 0 Å². The number of thiophene rings is 1. The van der Waals surface area contributed by atoms with Crippen molar-refractivity contribution in [3.63, 3.8) is 0 Å². The van der Waals surface area contributed by atoms with Crippen molar-refractivity contribution in [2.24, 2.45) is 0 Å². The van der Waals surface area contributed by atoms with Crippen LogP contribution in [0, 0.1) is 0 Å². The summed E-state index contributed by atoms with van der Waals surface area (Å²) < 4.78 is 7.42. The molecule has 3 aromatic rings. The van der Waals surface area contributed by atoms with Crippen LogP contribution < -0.4 is 15.0 Å². The van der Waals surface area contributed by atoms with Gasteiger partial charge in [0.1, 0.15) is 5.75 Å². The molecule has 168 valence electrons. The standard InChI is InChI=1S/C24H29N3OS.Al.ClH.Li.4H/c1-5-23(21-9-17-29-24(21)6-1)27-14-12-26(13-15-27)11-3-16-28-20-7-8-22-19(18-20)4-2-10-25-22;;;;;;;/h1,5-9,17-18,25H,2-4,10-16H2;;1H;;;;;. The summed E-state index contributed by atoms with van der Waals surface area (Å²) in [7, 11) is 0. The third-order valence-corrected chi connectivity index (χ3v) is 6.97. The van der Waals surface area contributed by atoms with Crippen LogP contribution in [0.4, 0.5) is 11.4 Å². The zero-order chi connectivity index (χ0) is 19.5. The number of hydrogen-bond acceptors (Lipinski definition) is 5. The molecule has 0 bridgehead atoms. The summed E-state index contributed by atoms with van der Waals surface area (Å²) in [5.74, 6) is 1.01. The molecule has 1 saturated heterocycles. The van der Waals surface area contributed by atoms with E-state index in [1.54, 1.807) is 0 Å². The molecule has 0 unspecified atom stereocenters. The maximum absolute atomic E-state index is 6.03. The Bertz CT molecular complexity index is 981. The molecule has 0 amide bonds. The second-order valence-electron chi connectivity index (χ2n) is 7.99. The largest absolute Gasteiger partial charge is 0.494 e. The summed E-state index contributed by atoms with van der Waals surface area (Å²) >= 11 is 1.83. The number of fused-ring (bicyclic) bond motifs is 2. The molecule has 5 rings (SSSR count). The van der Waals surface area contributed by atoms with Crippen LogP contribution in [-0.4, -0.2) is 87.0 Å². The fraction of sp³-hybridized carbons (Fsp3) is 0.417. The minimum absolute atomic E-state index is 0. The van der Waals surface area contributed by atoms with Gasteiger partial charge in [0.2, 0.25) is 0 Å². The molecule has 3 heterocycles. The van der Waals surface area contributed by atoms with Crippen molar-refractivity contribution >= 4 is 81.4 Å².